The van der Waals surface area contributed by atoms with E-state index < -0.39 is 63.1 Å². The van der Waals surface area contributed by atoms with E-state index in [1.807, 2.05) is 40.4 Å². The van der Waals surface area contributed by atoms with Gasteiger partial charge in [0.25, 0.3) is 11.8 Å². The van der Waals surface area contributed by atoms with Crippen LogP contribution in [0.3, 0.4) is 0 Å². The molecule has 13 nitrogen and oxygen atoms in total. The SMILES string of the molecule is C=C[C@@H]1C[C@]1(NC(=O)[C@@H]1C[C@@H](Oc2nc3ccccc3nc2-c2cccs2)CN1C(=O)[C@@H](O)C(C)(C)C)C(=O)NS(=O)(=O)N(C)C. The molecule has 15 heteroatoms. The Balaban J connectivity index is 1.45. The van der Waals surface area contributed by atoms with Crippen LogP contribution in [0.4, 0.5) is 0 Å². The smallest absolute Gasteiger partial charge is 0.303 e. The Morgan fingerprint density at radius 1 is 1.17 bits per heavy atom. The fourth-order valence-corrected chi connectivity index (χ4v) is 6.64. The monoisotopic (exact) mass is 670 g/mol. The van der Waals surface area contributed by atoms with E-state index in [1.165, 1.54) is 36.4 Å². The van der Waals surface area contributed by atoms with E-state index in [2.05, 4.69) is 11.9 Å². The average molecular weight is 671 g/mol. The summed E-state index contributed by atoms with van der Waals surface area (Å²) in [4.78, 5) is 52.4. The molecule has 5 atom stereocenters. The first-order valence-corrected chi connectivity index (χ1v) is 17.0. The van der Waals surface area contributed by atoms with E-state index in [9.17, 15) is 27.9 Å². The number of rotatable bonds is 10. The summed E-state index contributed by atoms with van der Waals surface area (Å²) >= 11 is 1.46. The molecule has 3 amide bonds. The number of benzene rings is 1. The predicted octanol–water partition coefficient (Wildman–Crippen LogP) is 2.10. The molecule has 1 aliphatic heterocycles. The average Bonchev–Trinajstić information content (AvgIpc) is 3.30. The highest BCUT2D eigenvalue weighted by molar-refractivity contribution is 7.87. The van der Waals surface area contributed by atoms with E-state index in [0.29, 0.717) is 16.7 Å². The molecule has 5 rings (SSSR count). The summed E-state index contributed by atoms with van der Waals surface area (Å²) in [7, 11) is -1.60. The van der Waals surface area contributed by atoms with E-state index >= 15 is 0 Å². The molecule has 0 radical (unpaired) electrons. The Labute approximate surface area is 271 Å². The first kappa shape index (κ1) is 33.4. The summed E-state index contributed by atoms with van der Waals surface area (Å²) in [5, 5.41) is 15.6. The number of ether oxygens (including phenoxy) is 1. The number of carbonyl (C=O) groups is 3. The van der Waals surface area contributed by atoms with Gasteiger partial charge in [0, 0.05) is 26.4 Å². The summed E-state index contributed by atoms with van der Waals surface area (Å²) < 4.78 is 34.1. The maximum Gasteiger partial charge on any atom is 0.303 e. The number of hydrogen-bond acceptors (Lipinski definition) is 10. The second-order valence-corrected chi connectivity index (χ2v) is 15.7. The minimum absolute atomic E-state index is 0.0132. The number of hydrogen-bond donors (Lipinski definition) is 3. The summed E-state index contributed by atoms with van der Waals surface area (Å²) in [6, 6.07) is 9.98. The maximum absolute atomic E-state index is 13.9. The zero-order valence-corrected chi connectivity index (χ0v) is 27.9. The van der Waals surface area contributed by atoms with E-state index in [1.54, 1.807) is 26.8 Å². The lowest BCUT2D eigenvalue weighted by molar-refractivity contribution is -0.150. The van der Waals surface area contributed by atoms with Crippen molar-refractivity contribution in [2.45, 2.75) is 57.4 Å². The Morgan fingerprint density at radius 2 is 1.85 bits per heavy atom. The largest absolute Gasteiger partial charge is 0.471 e. The lowest BCUT2D eigenvalue weighted by atomic mass is 9.88. The van der Waals surface area contributed by atoms with Crippen LogP contribution < -0.4 is 14.8 Å². The lowest BCUT2D eigenvalue weighted by Crippen LogP contribution is -2.58. The van der Waals surface area contributed by atoms with Gasteiger partial charge in [-0.2, -0.15) is 12.7 Å². The minimum atomic E-state index is -4.14. The van der Waals surface area contributed by atoms with Gasteiger partial charge in [0.05, 0.1) is 22.5 Å². The third-order valence-corrected chi connectivity index (χ3v) is 10.5. The van der Waals surface area contributed by atoms with Crippen molar-refractivity contribution in [1.82, 2.24) is 29.2 Å². The third-order valence-electron chi connectivity index (χ3n) is 8.23. The number of thiophene rings is 1. The topological polar surface area (TPSA) is 171 Å². The number of aromatic nitrogens is 2. The minimum Gasteiger partial charge on any atom is -0.471 e. The second kappa shape index (κ2) is 12.4. The standard InChI is InChI=1S/C31H38N6O7S2/c1-7-18-16-31(18,29(41)35-46(42,43)36(5)6)34-26(39)22-15-19(17-37(22)28(40)25(38)30(2,3)4)44-27-24(23-13-10-14-45-23)32-20-11-8-9-12-21(20)33-27/h7-14,18-19,22,25,38H,1,15-17H2,2-6H3,(H,34,39)(H,35,41)/t18-,19-,22+,25-,31-/m1/s1. The second-order valence-electron chi connectivity index (χ2n) is 12.8. The van der Waals surface area contributed by atoms with Gasteiger partial charge in [-0.05, 0) is 35.4 Å². The molecular weight excluding hydrogens is 633 g/mol. The molecule has 1 saturated heterocycles. The van der Waals surface area contributed by atoms with Gasteiger partial charge >= 0.3 is 10.2 Å². The van der Waals surface area contributed by atoms with Crippen LogP contribution in [0.15, 0.2) is 54.4 Å². The zero-order valence-electron chi connectivity index (χ0n) is 26.3. The highest BCUT2D eigenvalue weighted by atomic mass is 32.2. The molecular formula is C31H38N6O7S2. The first-order chi connectivity index (χ1) is 21.6. The number of nitrogens with one attached hydrogen (secondary N) is 2. The lowest BCUT2D eigenvalue weighted by Gasteiger charge is -2.32. The van der Waals surface area contributed by atoms with Crippen LogP contribution in [-0.4, -0.2) is 94.8 Å². The van der Waals surface area contributed by atoms with Gasteiger partial charge in [-0.25, -0.2) is 14.7 Å². The van der Waals surface area contributed by atoms with Crippen LogP contribution in [0.2, 0.25) is 0 Å². The van der Waals surface area contributed by atoms with Crippen LogP contribution in [0, 0.1) is 11.3 Å². The summed E-state index contributed by atoms with van der Waals surface area (Å²) in [6.07, 6.45) is -0.556. The van der Waals surface area contributed by atoms with Crippen LogP contribution in [0.1, 0.15) is 33.6 Å². The predicted molar refractivity (Wildman–Crippen MR) is 173 cm³/mol. The maximum atomic E-state index is 13.9. The molecule has 1 aliphatic carbocycles. The van der Waals surface area contributed by atoms with Crippen molar-refractivity contribution in [3.8, 4) is 16.5 Å². The molecule has 2 fully saturated rings. The Bertz CT molecular complexity index is 1770. The van der Waals surface area contributed by atoms with E-state index in [0.717, 1.165) is 9.18 Å². The van der Waals surface area contributed by atoms with Gasteiger partial charge in [-0.1, -0.05) is 45.0 Å². The number of carbonyl (C=O) groups excluding carboxylic acids is 3. The highest BCUT2D eigenvalue weighted by Gasteiger charge is 2.61. The fourth-order valence-electron chi connectivity index (χ4n) is 5.34. The molecule has 3 aromatic rings. The van der Waals surface area contributed by atoms with Crippen LogP contribution in [0.5, 0.6) is 5.88 Å². The first-order valence-electron chi connectivity index (χ1n) is 14.7. The van der Waals surface area contributed by atoms with Gasteiger partial charge < -0.3 is 20.1 Å². The summed E-state index contributed by atoms with van der Waals surface area (Å²) in [5.74, 6) is -2.58. The van der Waals surface area contributed by atoms with Crippen molar-refractivity contribution < 1.29 is 32.6 Å². The third kappa shape index (κ3) is 6.49. The highest BCUT2D eigenvalue weighted by Crippen LogP contribution is 2.45. The van der Waals surface area contributed by atoms with Crippen molar-refractivity contribution in [3.05, 3.63) is 54.4 Å². The molecule has 2 aliphatic rings. The Hall–Kier alpha value is -3.92. The molecule has 0 spiro atoms. The van der Waals surface area contributed by atoms with Gasteiger partial charge in [0.2, 0.25) is 11.8 Å². The zero-order chi connectivity index (χ0) is 33.6. The summed E-state index contributed by atoms with van der Waals surface area (Å²) in [6.45, 7) is 8.78. The molecule has 3 heterocycles. The molecule has 2 aromatic heterocycles. The number of aliphatic hydroxyl groups excluding tert-OH is 1. The fraction of sp³-hybridized carbons (Fsp3) is 0.452. The van der Waals surface area contributed by atoms with Crippen LogP contribution >= 0.6 is 11.3 Å². The van der Waals surface area contributed by atoms with Crippen molar-refractivity contribution in [3.63, 3.8) is 0 Å². The molecule has 246 valence electrons. The van der Waals surface area contributed by atoms with Crippen molar-refractivity contribution in [2.24, 2.45) is 11.3 Å². The normalized spacial score (nSPS) is 23.6. The number of aliphatic hydroxyl groups is 1. The van der Waals surface area contributed by atoms with Crippen molar-refractivity contribution in [1.29, 1.82) is 0 Å². The van der Waals surface area contributed by atoms with E-state index in [4.69, 9.17) is 14.7 Å². The van der Waals surface area contributed by atoms with Crippen LogP contribution in [-0.2, 0) is 24.6 Å². The molecule has 3 N–H and O–H groups in total. The Kier molecular flexibility index (Phi) is 8.98. The quantitative estimate of drug-likeness (QED) is 0.273. The number of fused-ring (bicyclic) bond motifs is 1. The number of likely N-dealkylation sites (tertiary alicyclic amines) is 1. The van der Waals surface area contributed by atoms with Crippen molar-refractivity contribution >= 4 is 50.3 Å². The van der Waals surface area contributed by atoms with Gasteiger partial charge in [-0.3, -0.25) is 14.4 Å². The molecule has 46 heavy (non-hydrogen) atoms. The molecule has 0 bridgehead atoms. The molecule has 1 saturated carbocycles. The number of amides is 3. The van der Waals surface area contributed by atoms with Crippen LogP contribution in [0.25, 0.3) is 21.6 Å². The van der Waals surface area contributed by atoms with Gasteiger partial charge in [0.1, 0.15) is 29.5 Å². The molecule has 1 aromatic carbocycles. The van der Waals surface area contributed by atoms with E-state index in [-0.39, 0.29) is 25.3 Å². The van der Waals surface area contributed by atoms with Gasteiger partial charge in [-0.15, -0.1) is 17.9 Å². The Morgan fingerprint density at radius 3 is 2.41 bits per heavy atom. The van der Waals surface area contributed by atoms with Gasteiger partial charge in [0.15, 0.2) is 0 Å². The summed E-state index contributed by atoms with van der Waals surface area (Å²) in [5.41, 5.74) is -0.619. The number of nitrogens with zero attached hydrogens (tertiary/aromatic N) is 4. The number of para-hydroxylation sites is 2. The molecule has 0 unspecified atom stereocenters. The van der Waals surface area contributed by atoms with Crippen molar-refractivity contribution in [2.75, 3.05) is 20.6 Å².